The van der Waals surface area contributed by atoms with Crippen molar-refractivity contribution < 1.29 is 0 Å². The maximum absolute atomic E-state index is 3.53. The summed E-state index contributed by atoms with van der Waals surface area (Å²) in [7, 11) is 0. The van der Waals surface area contributed by atoms with Crippen LogP contribution in [0.4, 0.5) is 0 Å². The highest BCUT2D eigenvalue weighted by Gasteiger charge is 2.08. The SMILES string of the molecule is CCCCCCCn1ccc(C(CC)NCC)c1. The highest BCUT2D eigenvalue weighted by molar-refractivity contribution is 5.15. The number of nitrogens with zero attached hydrogens (tertiary/aromatic N) is 1. The molecule has 0 bridgehead atoms. The molecule has 1 atom stereocenters. The van der Waals surface area contributed by atoms with Crippen LogP contribution < -0.4 is 5.32 Å². The van der Waals surface area contributed by atoms with Gasteiger partial charge in [0.05, 0.1) is 0 Å². The molecule has 1 aromatic heterocycles. The van der Waals surface area contributed by atoms with Gasteiger partial charge in [-0.3, -0.25) is 0 Å². The van der Waals surface area contributed by atoms with Crippen molar-refractivity contribution in [3.63, 3.8) is 0 Å². The lowest BCUT2D eigenvalue weighted by Crippen LogP contribution is -2.19. The highest BCUT2D eigenvalue weighted by Crippen LogP contribution is 2.17. The van der Waals surface area contributed by atoms with Crippen LogP contribution in [0.25, 0.3) is 0 Å². The Morgan fingerprint density at radius 3 is 2.56 bits per heavy atom. The average molecular weight is 250 g/mol. The number of aryl methyl sites for hydroxylation is 1. The molecule has 0 saturated heterocycles. The molecule has 1 heterocycles. The zero-order valence-corrected chi connectivity index (χ0v) is 12.4. The van der Waals surface area contributed by atoms with Crippen LogP contribution in [0.1, 0.15) is 70.9 Å². The Kier molecular flexibility index (Phi) is 7.83. The first kappa shape index (κ1) is 15.3. The fourth-order valence-electron chi connectivity index (χ4n) is 2.45. The van der Waals surface area contributed by atoms with E-state index >= 15 is 0 Å². The van der Waals surface area contributed by atoms with Crippen molar-refractivity contribution in [2.75, 3.05) is 6.54 Å². The molecule has 0 radical (unpaired) electrons. The summed E-state index contributed by atoms with van der Waals surface area (Å²) in [4.78, 5) is 0. The number of rotatable bonds is 10. The molecular weight excluding hydrogens is 220 g/mol. The van der Waals surface area contributed by atoms with Gasteiger partial charge >= 0.3 is 0 Å². The quantitative estimate of drug-likeness (QED) is 0.604. The van der Waals surface area contributed by atoms with Crippen molar-refractivity contribution in [3.05, 3.63) is 24.0 Å². The van der Waals surface area contributed by atoms with E-state index in [0.717, 1.165) is 13.0 Å². The molecule has 1 aromatic rings. The summed E-state index contributed by atoms with van der Waals surface area (Å²) >= 11 is 0. The minimum atomic E-state index is 0.524. The molecule has 2 heteroatoms. The minimum Gasteiger partial charge on any atom is -0.354 e. The normalized spacial score (nSPS) is 12.8. The van der Waals surface area contributed by atoms with E-state index in [1.54, 1.807) is 0 Å². The zero-order valence-electron chi connectivity index (χ0n) is 12.4. The molecule has 1 rings (SSSR count). The molecule has 18 heavy (non-hydrogen) atoms. The molecule has 0 aliphatic carbocycles. The van der Waals surface area contributed by atoms with E-state index in [9.17, 15) is 0 Å². The van der Waals surface area contributed by atoms with Gasteiger partial charge in [-0.05, 0) is 31.0 Å². The van der Waals surface area contributed by atoms with Gasteiger partial charge in [0.1, 0.15) is 0 Å². The first-order valence-corrected chi connectivity index (χ1v) is 7.70. The van der Waals surface area contributed by atoms with Crippen molar-refractivity contribution in [2.24, 2.45) is 0 Å². The predicted molar refractivity (Wildman–Crippen MR) is 79.9 cm³/mol. The van der Waals surface area contributed by atoms with Gasteiger partial charge in [0.25, 0.3) is 0 Å². The molecule has 0 aromatic carbocycles. The molecule has 0 saturated carbocycles. The van der Waals surface area contributed by atoms with Gasteiger partial charge in [0.2, 0.25) is 0 Å². The van der Waals surface area contributed by atoms with Gasteiger partial charge in [-0.2, -0.15) is 0 Å². The summed E-state index contributed by atoms with van der Waals surface area (Å²) in [6, 6.07) is 2.79. The number of hydrogen-bond acceptors (Lipinski definition) is 1. The largest absolute Gasteiger partial charge is 0.354 e. The van der Waals surface area contributed by atoms with Gasteiger partial charge in [0, 0.05) is 25.0 Å². The summed E-state index contributed by atoms with van der Waals surface area (Å²) in [5, 5.41) is 3.53. The number of hydrogen-bond donors (Lipinski definition) is 1. The van der Waals surface area contributed by atoms with Crippen molar-refractivity contribution in [1.82, 2.24) is 9.88 Å². The molecule has 0 amide bonds. The van der Waals surface area contributed by atoms with Crippen molar-refractivity contribution in [1.29, 1.82) is 0 Å². The van der Waals surface area contributed by atoms with Crippen LogP contribution in [-0.2, 0) is 6.54 Å². The number of aromatic nitrogens is 1. The van der Waals surface area contributed by atoms with Crippen LogP contribution in [0.2, 0.25) is 0 Å². The third-order valence-corrected chi connectivity index (χ3v) is 3.55. The first-order chi connectivity index (χ1) is 8.81. The van der Waals surface area contributed by atoms with Gasteiger partial charge < -0.3 is 9.88 Å². The second-order valence-corrected chi connectivity index (χ2v) is 5.12. The lowest BCUT2D eigenvalue weighted by atomic mass is 10.1. The van der Waals surface area contributed by atoms with Gasteiger partial charge in [-0.15, -0.1) is 0 Å². The molecule has 0 fully saturated rings. The second kappa shape index (κ2) is 9.21. The first-order valence-electron chi connectivity index (χ1n) is 7.70. The third kappa shape index (κ3) is 5.26. The van der Waals surface area contributed by atoms with E-state index in [1.165, 1.54) is 44.2 Å². The van der Waals surface area contributed by atoms with E-state index in [-0.39, 0.29) is 0 Å². The average Bonchev–Trinajstić information content (AvgIpc) is 2.84. The van der Waals surface area contributed by atoms with E-state index in [0.29, 0.717) is 6.04 Å². The smallest absolute Gasteiger partial charge is 0.0332 e. The van der Waals surface area contributed by atoms with Crippen LogP contribution in [-0.4, -0.2) is 11.1 Å². The maximum atomic E-state index is 3.53. The van der Waals surface area contributed by atoms with E-state index in [4.69, 9.17) is 0 Å². The van der Waals surface area contributed by atoms with Crippen LogP contribution in [0.15, 0.2) is 18.5 Å². The Balaban J connectivity index is 2.33. The van der Waals surface area contributed by atoms with Crippen molar-refractivity contribution >= 4 is 0 Å². The molecule has 0 spiro atoms. The van der Waals surface area contributed by atoms with Gasteiger partial charge in [-0.1, -0.05) is 46.5 Å². The van der Waals surface area contributed by atoms with E-state index in [1.807, 2.05) is 0 Å². The second-order valence-electron chi connectivity index (χ2n) is 5.12. The van der Waals surface area contributed by atoms with Crippen LogP contribution in [0.3, 0.4) is 0 Å². The molecule has 0 aliphatic heterocycles. The monoisotopic (exact) mass is 250 g/mol. The third-order valence-electron chi connectivity index (χ3n) is 3.55. The Morgan fingerprint density at radius 1 is 1.11 bits per heavy atom. The topological polar surface area (TPSA) is 17.0 Å². The maximum Gasteiger partial charge on any atom is 0.0332 e. The summed E-state index contributed by atoms with van der Waals surface area (Å²) in [5.41, 5.74) is 1.44. The molecule has 1 unspecified atom stereocenters. The minimum absolute atomic E-state index is 0.524. The summed E-state index contributed by atoms with van der Waals surface area (Å²) in [5.74, 6) is 0. The Labute approximate surface area is 113 Å². The zero-order chi connectivity index (χ0) is 13.2. The number of unbranched alkanes of at least 4 members (excludes halogenated alkanes) is 4. The molecule has 2 nitrogen and oxygen atoms in total. The van der Waals surface area contributed by atoms with Crippen LogP contribution >= 0.6 is 0 Å². The Bertz CT molecular complexity index is 304. The fourth-order valence-corrected chi connectivity index (χ4v) is 2.45. The molecule has 0 aliphatic rings. The van der Waals surface area contributed by atoms with Gasteiger partial charge in [-0.25, -0.2) is 0 Å². The van der Waals surface area contributed by atoms with Crippen LogP contribution in [0.5, 0.6) is 0 Å². The molecule has 104 valence electrons. The fraction of sp³-hybridized carbons (Fsp3) is 0.750. The summed E-state index contributed by atoms with van der Waals surface area (Å²) in [6.07, 6.45) is 12.5. The lowest BCUT2D eigenvalue weighted by molar-refractivity contribution is 0.532. The van der Waals surface area contributed by atoms with E-state index in [2.05, 4.69) is 49.1 Å². The van der Waals surface area contributed by atoms with Gasteiger partial charge in [0.15, 0.2) is 0 Å². The van der Waals surface area contributed by atoms with E-state index < -0.39 is 0 Å². The van der Waals surface area contributed by atoms with Crippen molar-refractivity contribution in [3.8, 4) is 0 Å². The molecular formula is C16H30N2. The van der Waals surface area contributed by atoms with Crippen LogP contribution in [0, 0.1) is 0 Å². The summed E-state index contributed by atoms with van der Waals surface area (Å²) < 4.78 is 2.35. The van der Waals surface area contributed by atoms with Crippen molar-refractivity contribution in [2.45, 2.75) is 71.9 Å². The summed E-state index contributed by atoms with van der Waals surface area (Å²) in [6.45, 7) is 8.90. The Morgan fingerprint density at radius 2 is 1.89 bits per heavy atom. The lowest BCUT2D eigenvalue weighted by Gasteiger charge is -2.13. The standard InChI is InChI=1S/C16H30N2/c1-4-7-8-9-10-12-18-13-11-15(14-18)16(5-2)17-6-3/h11,13-14,16-17H,4-10,12H2,1-3H3. The Hall–Kier alpha value is -0.760. The molecule has 1 N–H and O–H groups in total. The highest BCUT2D eigenvalue weighted by atomic mass is 15.0. The number of nitrogens with one attached hydrogen (secondary N) is 1. The predicted octanol–water partition coefficient (Wildman–Crippen LogP) is 4.52.